The summed E-state index contributed by atoms with van der Waals surface area (Å²) in [4.78, 5) is 43.3. The maximum atomic E-state index is 13.9. The van der Waals surface area contributed by atoms with Gasteiger partial charge in [-0.2, -0.15) is 0 Å². The maximum Gasteiger partial charge on any atom is 0.332 e. The SMILES string of the molecule is CC(C)(Cn1c(=O)cc(Nc2ccc(Oc3ncccc3F)cc2)n(Cc2ccc(Cl)cc2)c1=O)C(=O)NS(C)(=O)=O. The van der Waals surface area contributed by atoms with Crippen LogP contribution >= 0.6 is 11.6 Å². The molecule has 0 atom stereocenters. The number of carbonyl (C=O) groups excluding carboxylic acids is 1. The van der Waals surface area contributed by atoms with Crippen molar-refractivity contribution in [1.29, 1.82) is 0 Å². The highest BCUT2D eigenvalue weighted by molar-refractivity contribution is 7.89. The number of aromatic nitrogens is 3. The molecule has 0 aliphatic heterocycles. The first kappa shape index (κ1) is 30.5. The Balaban J connectivity index is 1.68. The number of sulfonamides is 1. The lowest BCUT2D eigenvalue weighted by atomic mass is 9.92. The number of nitrogens with one attached hydrogen (secondary N) is 2. The van der Waals surface area contributed by atoms with Gasteiger partial charge >= 0.3 is 5.69 Å². The van der Waals surface area contributed by atoms with E-state index in [1.54, 1.807) is 48.5 Å². The van der Waals surface area contributed by atoms with Gasteiger partial charge in [0.1, 0.15) is 11.6 Å². The summed E-state index contributed by atoms with van der Waals surface area (Å²) < 4.78 is 46.6. The van der Waals surface area contributed by atoms with Gasteiger partial charge in [-0.1, -0.05) is 23.7 Å². The van der Waals surface area contributed by atoms with Gasteiger partial charge in [0.2, 0.25) is 15.9 Å². The second-order valence-corrected chi connectivity index (χ2v) is 12.3. The molecule has 11 nitrogen and oxygen atoms in total. The minimum atomic E-state index is -3.86. The van der Waals surface area contributed by atoms with Crippen molar-refractivity contribution in [3.63, 3.8) is 0 Å². The molecule has 2 N–H and O–H groups in total. The first-order chi connectivity index (χ1) is 19.7. The summed E-state index contributed by atoms with van der Waals surface area (Å²) >= 11 is 6.01. The fourth-order valence-electron chi connectivity index (χ4n) is 3.88. The van der Waals surface area contributed by atoms with E-state index >= 15 is 0 Å². The molecule has 0 spiro atoms. The monoisotopic (exact) mass is 615 g/mol. The van der Waals surface area contributed by atoms with E-state index in [0.29, 0.717) is 22.0 Å². The molecule has 14 heteroatoms. The standard InChI is InChI=1S/C28H27ClFN5O6S/c1-28(2,26(37)33-42(3,39)40)17-35-24(36)15-23(34(27(35)38)16-18-6-8-19(29)9-7-18)32-20-10-12-21(13-11-20)41-25-22(30)5-4-14-31-25/h4-15,32H,16-17H2,1-3H3,(H,33,37). The number of hydrogen-bond acceptors (Lipinski definition) is 8. The molecular formula is C28H27ClFN5O6S. The third-order valence-electron chi connectivity index (χ3n) is 6.04. The smallest absolute Gasteiger partial charge is 0.332 e. The van der Waals surface area contributed by atoms with Gasteiger partial charge in [0.05, 0.1) is 18.2 Å². The topological polar surface area (TPSA) is 141 Å². The Morgan fingerprint density at radius 2 is 1.71 bits per heavy atom. The zero-order valence-electron chi connectivity index (χ0n) is 22.8. The number of anilines is 2. The zero-order valence-corrected chi connectivity index (χ0v) is 24.4. The lowest BCUT2D eigenvalue weighted by Gasteiger charge is -2.24. The molecular weight excluding hydrogens is 589 g/mol. The highest BCUT2D eigenvalue weighted by atomic mass is 35.5. The van der Waals surface area contributed by atoms with Crippen LogP contribution < -0.4 is 26.0 Å². The summed E-state index contributed by atoms with van der Waals surface area (Å²) in [6.45, 7) is 2.50. The number of ether oxygens (including phenoxy) is 1. The first-order valence-electron chi connectivity index (χ1n) is 12.5. The van der Waals surface area contributed by atoms with Crippen molar-refractivity contribution in [3.8, 4) is 11.6 Å². The van der Waals surface area contributed by atoms with Gasteiger partial charge in [0, 0.05) is 29.5 Å². The van der Waals surface area contributed by atoms with E-state index in [2.05, 4.69) is 10.3 Å². The molecule has 4 rings (SSSR count). The molecule has 0 radical (unpaired) electrons. The lowest BCUT2D eigenvalue weighted by molar-refractivity contribution is -0.128. The number of rotatable bonds is 10. The van der Waals surface area contributed by atoms with Crippen LogP contribution in [0.3, 0.4) is 0 Å². The highest BCUT2D eigenvalue weighted by Crippen LogP contribution is 2.25. The third-order valence-corrected chi connectivity index (χ3v) is 6.85. The summed E-state index contributed by atoms with van der Waals surface area (Å²) in [5.41, 5.74) is -1.68. The van der Waals surface area contributed by atoms with Crippen LogP contribution in [0.2, 0.25) is 5.02 Å². The molecule has 220 valence electrons. The molecule has 0 fully saturated rings. The normalized spacial score (nSPS) is 11.6. The third kappa shape index (κ3) is 7.62. The van der Waals surface area contributed by atoms with Crippen LogP contribution in [0.4, 0.5) is 15.9 Å². The minimum absolute atomic E-state index is 0.0364. The van der Waals surface area contributed by atoms with Crippen molar-refractivity contribution in [2.24, 2.45) is 5.41 Å². The quantitative estimate of drug-likeness (QED) is 0.274. The van der Waals surface area contributed by atoms with Gasteiger partial charge in [-0.05, 0) is 67.9 Å². The van der Waals surface area contributed by atoms with E-state index in [-0.39, 0.29) is 24.8 Å². The Morgan fingerprint density at radius 3 is 2.33 bits per heavy atom. The Morgan fingerprint density at radius 1 is 1.05 bits per heavy atom. The van der Waals surface area contributed by atoms with Crippen molar-refractivity contribution in [2.45, 2.75) is 26.9 Å². The Hall–Kier alpha value is -4.49. The van der Waals surface area contributed by atoms with Gasteiger partial charge in [-0.25, -0.2) is 22.6 Å². The highest BCUT2D eigenvalue weighted by Gasteiger charge is 2.32. The first-order valence-corrected chi connectivity index (χ1v) is 14.8. The second kappa shape index (κ2) is 12.2. The minimum Gasteiger partial charge on any atom is -0.436 e. The molecule has 0 aliphatic rings. The number of nitrogens with zero attached hydrogens (tertiary/aromatic N) is 3. The number of amides is 1. The Bertz CT molecular complexity index is 1840. The number of halogens is 2. The zero-order chi connectivity index (χ0) is 30.7. The van der Waals surface area contributed by atoms with Crippen LogP contribution in [0.15, 0.2) is 82.5 Å². The van der Waals surface area contributed by atoms with Crippen LogP contribution in [0, 0.1) is 11.2 Å². The average Bonchev–Trinajstić information content (AvgIpc) is 2.91. The maximum absolute atomic E-state index is 13.9. The summed E-state index contributed by atoms with van der Waals surface area (Å²) in [7, 11) is -3.86. The van der Waals surface area contributed by atoms with E-state index in [1.165, 1.54) is 42.8 Å². The van der Waals surface area contributed by atoms with Gasteiger partial charge in [0.25, 0.3) is 11.4 Å². The molecule has 0 aliphatic carbocycles. The number of hydrogen-bond donors (Lipinski definition) is 2. The molecule has 4 aromatic rings. The number of carbonyl (C=O) groups is 1. The van der Waals surface area contributed by atoms with Gasteiger partial charge in [0.15, 0.2) is 5.82 Å². The predicted octanol–water partition coefficient (Wildman–Crippen LogP) is 3.88. The molecule has 0 bridgehead atoms. The number of benzene rings is 2. The molecule has 0 unspecified atom stereocenters. The van der Waals surface area contributed by atoms with Crippen molar-refractivity contribution < 1.29 is 22.3 Å². The van der Waals surface area contributed by atoms with Crippen molar-refractivity contribution in [1.82, 2.24) is 18.8 Å². The van der Waals surface area contributed by atoms with E-state index in [1.807, 2.05) is 4.72 Å². The molecule has 2 aromatic carbocycles. The fourth-order valence-corrected chi connectivity index (χ4v) is 4.61. The fraction of sp³-hybridized carbons (Fsp3) is 0.214. The Labute approximate surface area is 245 Å². The van der Waals surface area contributed by atoms with Crippen molar-refractivity contribution in [2.75, 3.05) is 11.6 Å². The summed E-state index contributed by atoms with van der Waals surface area (Å²) in [6.07, 6.45) is 2.23. The van der Waals surface area contributed by atoms with E-state index in [4.69, 9.17) is 16.3 Å². The largest absolute Gasteiger partial charge is 0.436 e. The van der Waals surface area contributed by atoms with E-state index in [9.17, 15) is 27.2 Å². The van der Waals surface area contributed by atoms with E-state index < -0.39 is 38.4 Å². The molecule has 42 heavy (non-hydrogen) atoms. The summed E-state index contributed by atoms with van der Waals surface area (Å²) in [5, 5.41) is 3.55. The van der Waals surface area contributed by atoms with Crippen LogP contribution in [0.1, 0.15) is 19.4 Å². The van der Waals surface area contributed by atoms with Gasteiger partial charge in [-0.3, -0.25) is 23.4 Å². The van der Waals surface area contributed by atoms with Crippen molar-refractivity contribution >= 4 is 39.0 Å². The van der Waals surface area contributed by atoms with Crippen molar-refractivity contribution in [3.05, 3.63) is 110 Å². The van der Waals surface area contributed by atoms with Crippen LogP contribution in [0.25, 0.3) is 0 Å². The molecule has 1 amide bonds. The second-order valence-electron chi connectivity index (χ2n) is 10.1. The summed E-state index contributed by atoms with van der Waals surface area (Å²) in [5.74, 6) is -1.22. The molecule has 0 saturated heterocycles. The lowest BCUT2D eigenvalue weighted by Crippen LogP contribution is -2.48. The summed E-state index contributed by atoms with van der Waals surface area (Å²) in [6, 6.07) is 17.0. The molecule has 0 saturated carbocycles. The Kier molecular flexibility index (Phi) is 8.83. The van der Waals surface area contributed by atoms with Crippen LogP contribution in [-0.4, -0.2) is 34.7 Å². The molecule has 2 heterocycles. The average molecular weight is 616 g/mol. The van der Waals surface area contributed by atoms with Gasteiger partial charge in [-0.15, -0.1) is 0 Å². The van der Waals surface area contributed by atoms with E-state index in [0.717, 1.165) is 10.8 Å². The number of pyridine rings is 1. The predicted molar refractivity (Wildman–Crippen MR) is 156 cm³/mol. The molecule has 2 aromatic heterocycles. The van der Waals surface area contributed by atoms with Gasteiger partial charge < -0.3 is 10.1 Å². The van der Waals surface area contributed by atoms with Crippen LogP contribution in [-0.2, 0) is 27.9 Å². The van der Waals surface area contributed by atoms with Crippen LogP contribution in [0.5, 0.6) is 11.6 Å².